The summed E-state index contributed by atoms with van der Waals surface area (Å²) in [5, 5.41) is 110. The van der Waals surface area contributed by atoms with Crippen LogP contribution in [-0.2, 0) is 0 Å². The summed E-state index contributed by atoms with van der Waals surface area (Å²) >= 11 is 0. The van der Waals surface area contributed by atoms with Crippen molar-refractivity contribution >= 4 is 43.5 Å². The van der Waals surface area contributed by atoms with Crippen molar-refractivity contribution in [2.75, 3.05) is 6.61 Å². The highest BCUT2D eigenvalue weighted by atomic mass is 16.4. The van der Waals surface area contributed by atoms with Crippen LogP contribution in [0.25, 0.3) is 54.6 Å². The molecule has 3 unspecified atom stereocenters. The summed E-state index contributed by atoms with van der Waals surface area (Å²) in [5.41, 5.74) is -7.65. The lowest BCUT2D eigenvalue weighted by atomic mass is 9.90. The van der Waals surface area contributed by atoms with Crippen molar-refractivity contribution in [1.82, 2.24) is 0 Å². The molecule has 3 atom stereocenters. The number of phenols is 7. The Kier molecular flexibility index (Phi) is 6.05. The molecule has 17 nitrogen and oxygen atoms in total. The number of aromatic hydroxyl groups is 7. The maximum Gasteiger partial charge on any atom is 0.345 e. The number of hydrogen-bond donors (Lipinski definition) is 11. The van der Waals surface area contributed by atoms with Gasteiger partial charge in [0.25, 0.3) is 0 Å². The van der Waals surface area contributed by atoms with Crippen molar-refractivity contribution in [2.45, 2.75) is 18.3 Å². The van der Waals surface area contributed by atoms with Gasteiger partial charge >= 0.3 is 16.9 Å². The molecule has 0 spiro atoms. The monoisotopic (exact) mass is 614 g/mol. The Bertz CT molecular complexity index is 2360. The summed E-state index contributed by atoms with van der Waals surface area (Å²) in [6.07, 6.45) is -6.23. The van der Waals surface area contributed by atoms with Gasteiger partial charge in [-0.15, -0.1) is 0 Å². The topological polar surface area (TPSA) is 313 Å². The van der Waals surface area contributed by atoms with E-state index in [-0.39, 0.29) is 0 Å². The number of rotatable bonds is 5. The normalized spacial score (nSPS) is 14.2. The van der Waals surface area contributed by atoms with E-state index < -0.39 is 142 Å². The summed E-state index contributed by atoms with van der Waals surface area (Å²) in [4.78, 5) is 39.4. The number of fused-ring (bicyclic) bond motifs is 1. The molecule has 0 fully saturated rings. The quantitative estimate of drug-likeness (QED) is 0.0688. The maximum absolute atomic E-state index is 13.4. The first kappa shape index (κ1) is 28.4. The van der Waals surface area contributed by atoms with Crippen molar-refractivity contribution in [3.05, 3.63) is 49.2 Å². The first-order chi connectivity index (χ1) is 20.7. The Labute approximate surface area is 238 Å². The molecule has 0 amide bonds. The molecule has 17 heteroatoms. The van der Waals surface area contributed by atoms with Crippen LogP contribution in [0.2, 0.25) is 0 Å². The van der Waals surface area contributed by atoms with Crippen LogP contribution in [0.4, 0.5) is 0 Å². The predicted octanol–water partition coefficient (Wildman–Crippen LogP) is -0.0495. The van der Waals surface area contributed by atoms with Gasteiger partial charge in [0.2, 0.25) is 17.2 Å². The van der Waals surface area contributed by atoms with Gasteiger partial charge in [-0.3, -0.25) is 0 Å². The van der Waals surface area contributed by atoms with Crippen molar-refractivity contribution < 1.29 is 69.4 Å². The summed E-state index contributed by atoms with van der Waals surface area (Å²) in [5.74, 6) is -9.14. The number of hydrogen-bond acceptors (Lipinski definition) is 17. The zero-order chi connectivity index (χ0) is 32.1. The van der Waals surface area contributed by atoms with Gasteiger partial charge in [0, 0.05) is 27.3 Å². The SMILES string of the molecule is O=c1oc2c(O)c(O)c(-c3c(O)c(O)c(O)c4cc(C(O)C(O)C(O)CO)oc(=O)c34)c3c(=O)oc4c(O)c(O)cc1c4c23. The fourth-order valence-corrected chi connectivity index (χ4v) is 5.21. The van der Waals surface area contributed by atoms with E-state index in [0.29, 0.717) is 6.07 Å². The molecule has 11 N–H and O–H groups in total. The fraction of sp³-hybridized carbons (Fsp3) is 0.148. The van der Waals surface area contributed by atoms with Gasteiger partial charge < -0.3 is 69.4 Å². The Hall–Kier alpha value is -5.75. The molecule has 6 aromatic rings. The highest BCUT2D eigenvalue weighted by Crippen LogP contribution is 2.55. The molecular weight excluding hydrogens is 596 g/mol. The van der Waals surface area contributed by atoms with Crippen LogP contribution in [0, 0.1) is 0 Å². The van der Waals surface area contributed by atoms with Gasteiger partial charge in [0.1, 0.15) is 24.1 Å². The minimum absolute atomic E-state index is 0.404. The molecular formula is C27H18O17. The maximum atomic E-state index is 13.4. The lowest BCUT2D eigenvalue weighted by Crippen LogP contribution is -2.35. The van der Waals surface area contributed by atoms with Gasteiger partial charge in [-0.1, -0.05) is 0 Å². The third kappa shape index (κ3) is 3.57. The van der Waals surface area contributed by atoms with E-state index in [9.17, 15) is 65.4 Å². The fourth-order valence-electron chi connectivity index (χ4n) is 5.21. The first-order valence-corrected chi connectivity index (χ1v) is 12.3. The summed E-state index contributed by atoms with van der Waals surface area (Å²) in [6.45, 7) is -1.02. The van der Waals surface area contributed by atoms with E-state index in [2.05, 4.69) is 0 Å². The average molecular weight is 614 g/mol. The number of aliphatic hydroxyl groups is 4. The standard InChI is InChI=1S/C27H18O17/c28-3-7(30)16(32)18(34)8-2-4-10(26(40)42-8)11(19(35)21(37)15(4)31)12-14-13-9-5(25(39)43-24(13)22(38)20(12)36)1-6(29)17(33)23(9)44-27(14)41/h1-2,7,16,18,28-38H,3H2. The third-order valence-corrected chi connectivity index (χ3v) is 7.31. The lowest BCUT2D eigenvalue weighted by molar-refractivity contribution is -0.0842. The van der Waals surface area contributed by atoms with Gasteiger partial charge in [-0.05, 0) is 12.1 Å². The number of phenolic OH excluding ortho intramolecular Hbond substituents is 7. The number of aliphatic hydroxyl groups excluding tert-OH is 4. The summed E-state index contributed by atoms with van der Waals surface area (Å²) in [7, 11) is 0. The molecule has 3 heterocycles. The zero-order valence-electron chi connectivity index (χ0n) is 21.5. The highest BCUT2D eigenvalue weighted by Gasteiger charge is 2.35. The van der Waals surface area contributed by atoms with Crippen LogP contribution >= 0.6 is 0 Å². The van der Waals surface area contributed by atoms with E-state index in [0.717, 1.165) is 6.07 Å². The van der Waals surface area contributed by atoms with Gasteiger partial charge in [-0.2, -0.15) is 0 Å². The van der Waals surface area contributed by atoms with E-state index in [4.69, 9.17) is 18.4 Å². The summed E-state index contributed by atoms with van der Waals surface area (Å²) < 4.78 is 15.2. The van der Waals surface area contributed by atoms with E-state index >= 15 is 0 Å². The zero-order valence-corrected chi connectivity index (χ0v) is 21.5. The average Bonchev–Trinajstić information content (AvgIpc) is 2.99. The lowest BCUT2D eigenvalue weighted by Gasteiger charge is -2.21. The van der Waals surface area contributed by atoms with Crippen LogP contribution in [0.3, 0.4) is 0 Å². The Morgan fingerprint density at radius 2 is 1.14 bits per heavy atom. The Balaban J connectivity index is 1.83. The summed E-state index contributed by atoms with van der Waals surface area (Å²) in [6, 6.07) is 1.46. The molecule has 0 radical (unpaired) electrons. The third-order valence-electron chi connectivity index (χ3n) is 7.31. The van der Waals surface area contributed by atoms with Crippen LogP contribution in [-0.4, -0.2) is 75.0 Å². The second-order valence-electron chi connectivity index (χ2n) is 9.76. The Morgan fingerprint density at radius 3 is 1.80 bits per heavy atom. The molecule has 228 valence electrons. The van der Waals surface area contributed by atoms with Gasteiger partial charge in [-0.25, -0.2) is 14.4 Å². The second-order valence-corrected chi connectivity index (χ2v) is 9.76. The van der Waals surface area contributed by atoms with E-state index in [1.165, 1.54) is 0 Å². The van der Waals surface area contributed by atoms with E-state index in [1.54, 1.807) is 0 Å². The molecule has 0 saturated heterocycles. The molecule has 0 bridgehead atoms. The molecule has 44 heavy (non-hydrogen) atoms. The molecule has 3 aromatic carbocycles. The minimum atomic E-state index is -2.20. The highest BCUT2D eigenvalue weighted by molar-refractivity contribution is 6.27. The van der Waals surface area contributed by atoms with Crippen LogP contribution in [0.5, 0.6) is 40.2 Å². The van der Waals surface area contributed by atoms with Crippen LogP contribution in [0.1, 0.15) is 11.9 Å². The molecule has 0 aliphatic carbocycles. The molecule has 3 aromatic heterocycles. The van der Waals surface area contributed by atoms with Crippen molar-refractivity contribution in [3.63, 3.8) is 0 Å². The largest absolute Gasteiger partial charge is 0.504 e. The Morgan fingerprint density at radius 1 is 0.568 bits per heavy atom. The van der Waals surface area contributed by atoms with Crippen LogP contribution < -0.4 is 16.9 Å². The molecule has 0 aliphatic heterocycles. The molecule has 6 rings (SSSR count). The number of benzene rings is 3. The molecule has 0 saturated carbocycles. The second kappa shape index (κ2) is 9.38. The van der Waals surface area contributed by atoms with Crippen LogP contribution in [0.15, 0.2) is 39.8 Å². The van der Waals surface area contributed by atoms with Crippen molar-refractivity contribution in [2.24, 2.45) is 0 Å². The molecule has 0 aliphatic rings. The van der Waals surface area contributed by atoms with Crippen molar-refractivity contribution in [1.29, 1.82) is 0 Å². The van der Waals surface area contributed by atoms with E-state index in [1.807, 2.05) is 0 Å². The van der Waals surface area contributed by atoms with Gasteiger partial charge in [0.15, 0.2) is 34.2 Å². The smallest absolute Gasteiger partial charge is 0.345 e. The predicted molar refractivity (Wildman–Crippen MR) is 144 cm³/mol. The van der Waals surface area contributed by atoms with Gasteiger partial charge in [0.05, 0.1) is 22.8 Å². The van der Waals surface area contributed by atoms with Crippen molar-refractivity contribution in [3.8, 4) is 51.4 Å². The minimum Gasteiger partial charge on any atom is -0.504 e. The first-order valence-electron chi connectivity index (χ1n) is 12.3.